The number of carboxylic acids is 1. The van der Waals surface area contributed by atoms with Crippen molar-refractivity contribution in [3.63, 3.8) is 0 Å². The van der Waals surface area contributed by atoms with Gasteiger partial charge in [0.25, 0.3) is 0 Å². The molecule has 2 amide bonds. The van der Waals surface area contributed by atoms with Gasteiger partial charge in [0.15, 0.2) is 5.79 Å². The molecule has 0 aliphatic carbocycles. The Morgan fingerprint density at radius 2 is 1.69 bits per heavy atom. The Bertz CT molecular complexity index is 732. The molecule has 2 unspecified atom stereocenters. The third kappa shape index (κ3) is 11.4. The van der Waals surface area contributed by atoms with Gasteiger partial charge in [-0.2, -0.15) is 0 Å². The second kappa shape index (κ2) is 14.7. The van der Waals surface area contributed by atoms with Crippen LogP contribution < -0.4 is 10.6 Å². The lowest BCUT2D eigenvalue weighted by atomic mass is 9.85. The number of carboxylic acid groups (broad SMARTS) is 1. The lowest BCUT2D eigenvalue weighted by Crippen LogP contribution is -2.57. The maximum atomic E-state index is 12.8. The summed E-state index contributed by atoms with van der Waals surface area (Å²) in [4.78, 5) is 37.2. The number of aliphatic carboxylic acids is 1. The molecule has 1 rings (SSSR count). The lowest BCUT2D eigenvalue weighted by molar-refractivity contribution is -0.304. The number of unbranched alkanes of at least 4 members (excludes halogenated alkanes) is 5. The zero-order chi connectivity index (χ0) is 27.4. The van der Waals surface area contributed by atoms with Crippen LogP contribution >= 0.6 is 0 Å². The van der Waals surface area contributed by atoms with Gasteiger partial charge >= 0.3 is 5.97 Å². The number of carbonyl (C=O) groups is 3. The van der Waals surface area contributed by atoms with E-state index in [1.165, 1.54) is 19.3 Å². The van der Waals surface area contributed by atoms with Crippen LogP contribution in [0.3, 0.4) is 0 Å². The Morgan fingerprint density at radius 1 is 1.06 bits per heavy atom. The molecule has 0 radical (unpaired) electrons. The molecule has 0 aromatic carbocycles. The highest BCUT2D eigenvalue weighted by molar-refractivity contribution is 5.82. The van der Waals surface area contributed by atoms with Gasteiger partial charge in [0, 0.05) is 23.9 Å². The van der Waals surface area contributed by atoms with Gasteiger partial charge in [-0.25, -0.2) is 0 Å². The highest BCUT2D eigenvalue weighted by Gasteiger charge is 2.45. The van der Waals surface area contributed by atoms with Crippen LogP contribution in [0.2, 0.25) is 0 Å². The summed E-state index contributed by atoms with van der Waals surface area (Å²) in [6, 6.07) is 0. The van der Waals surface area contributed by atoms with E-state index in [4.69, 9.17) is 9.47 Å². The molecule has 8 nitrogen and oxygen atoms in total. The summed E-state index contributed by atoms with van der Waals surface area (Å²) in [5, 5.41) is 15.3. The van der Waals surface area contributed by atoms with Crippen molar-refractivity contribution in [3.8, 4) is 0 Å². The van der Waals surface area contributed by atoms with Gasteiger partial charge in [-0.1, -0.05) is 59.5 Å². The van der Waals surface area contributed by atoms with Crippen molar-refractivity contribution in [1.82, 2.24) is 10.6 Å². The summed E-state index contributed by atoms with van der Waals surface area (Å²) in [5.74, 6) is -2.92. The molecule has 0 saturated carbocycles. The van der Waals surface area contributed by atoms with Crippen molar-refractivity contribution >= 4 is 17.8 Å². The van der Waals surface area contributed by atoms with E-state index >= 15 is 0 Å². The first-order valence-corrected chi connectivity index (χ1v) is 13.4. The molecule has 3 N–H and O–H groups in total. The molecule has 0 aromatic rings. The van der Waals surface area contributed by atoms with E-state index in [1.54, 1.807) is 13.8 Å². The Hall–Kier alpha value is -1.93. The number of ether oxygens (including phenoxy) is 2. The number of allylic oxidation sites excluding steroid dienone is 1. The first kappa shape index (κ1) is 32.1. The summed E-state index contributed by atoms with van der Waals surface area (Å²) < 4.78 is 11.5. The largest absolute Gasteiger partial charge is 0.481 e. The highest BCUT2D eigenvalue weighted by Crippen LogP contribution is 2.35. The average Bonchev–Trinajstić information content (AvgIpc) is 2.79. The molecule has 2 atom stereocenters. The summed E-state index contributed by atoms with van der Waals surface area (Å²) in [6.45, 7) is 15.7. The van der Waals surface area contributed by atoms with Crippen LogP contribution in [0.25, 0.3) is 0 Å². The molecule has 1 saturated heterocycles. The normalized spacial score (nSPS) is 19.8. The van der Waals surface area contributed by atoms with Crippen LogP contribution in [0.4, 0.5) is 0 Å². The Morgan fingerprint density at radius 3 is 2.33 bits per heavy atom. The predicted molar refractivity (Wildman–Crippen MR) is 141 cm³/mol. The maximum absolute atomic E-state index is 12.8. The van der Waals surface area contributed by atoms with Crippen LogP contribution in [0.1, 0.15) is 99.3 Å². The molecule has 0 aromatic heterocycles. The topological polar surface area (TPSA) is 114 Å². The quantitative estimate of drug-likeness (QED) is 0.191. The average molecular weight is 511 g/mol. The van der Waals surface area contributed by atoms with Gasteiger partial charge < -0.3 is 25.2 Å². The Balaban J connectivity index is 2.39. The molecule has 0 bridgehead atoms. The molecular formula is C28H50N2O6. The second-order valence-electron chi connectivity index (χ2n) is 11.8. The monoisotopic (exact) mass is 510 g/mol. The summed E-state index contributed by atoms with van der Waals surface area (Å²) in [7, 11) is 0. The van der Waals surface area contributed by atoms with E-state index in [2.05, 4.69) is 17.2 Å². The van der Waals surface area contributed by atoms with Gasteiger partial charge in [0.2, 0.25) is 11.8 Å². The highest BCUT2D eigenvalue weighted by atomic mass is 16.7. The number of carbonyl (C=O) groups excluding carboxylic acids is 2. The van der Waals surface area contributed by atoms with E-state index in [0.29, 0.717) is 26.0 Å². The van der Waals surface area contributed by atoms with Crippen molar-refractivity contribution in [2.24, 2.45) is 16.7 Å². The number of hydrogen-bond acceptors (Lipinski definition) is 5. The Labute approximate surface area is 218 Å². The molecular weight excluding hydrogens is 460 g/mol. The zero-order valence-electron chi connectivity index (χ0n) is 23.4. The number of hydrogen-bond donors (Lipinski definition) is 3. The van der Waals surface area contributed by atoms with Crippen molar-refractivity contribution in [2.45, 2.75) is 111 Å². The van der Waals surface area contributed by atoms with Crippen LogP contribution in [0.5, 0.6) is 0 Å². The smallest absolute Gasteiger partial charge is 0.308 e. The Kier molecular flexibility index (Phi) is 13.1. The molecule has 1 aliphatic heterocycles. The minimum absolute atomic E-state index is 0.00385. The van der Waals surface area contributed by atoms with Crippen molar-refractivity contribution in [2.75, 3.05) is 19.7 Å². The number of nitrogens with one attached hydrogen (secondary N) is 2. The first-order chi connectivity index (χ1) is 16.7. The van der Waals surface area contributed by atoms with E-state index < -0.39 is 34.6 Å². The SMILES string of the molecule is C=CCCCCCCCC(C)(C)C(=O)NCCCC(CNC(=O)C1OC(C)(C)OCC1(C)C)C(=O)O. The van der Waals surface area contributed by atoms with E-state index in [1.807, 2.05) is 33.8 Å². The second-order valence-corrected chi connectivity index (χ2v) is 11.8. The predicted octanol–water partition coefficient (Wildman–Crippen LogP) is 4.82. The molecule has 1 aliphatic rings. The molecule has 1 heterocycles. The van der Waals surface area contributed by atoms with Crippen LogP contribution in [0.15, 0.2) is 12.7 Å². The van der Waals surface area contributed by atoms with E-state index in [9.17, 15) is 19.5 Å². The molecule has 1 fully saturated rings. The van der Waals surface area contributed by atoms with Crippen LogP contribution in [-0.4, -0.2) is 54.5 Å². The van der Waals surface area contributed by atoms with E-state index in [0.717, 1.165) is 25.7 Å². The standard InChI is InChI=1S/C28H50N2O6/c1-8-9-10-11-12-13-14-17-26(2,3)25(34)29-18-15-16-21(24(32)33)19-30-23(31)22-27(4,5)20-35-28(6,7)36-22/h8,21-22H,1,9-20H2,2-7H3,(H,29,34)(H,30,31)(H,32,33). The summed E-state index contributed by atoms with van der Waals surface area (Å²) >= 11 is 0. The van der Waals surface area contributed by atoms with Gasteiger partial charge in [-0.15, -0.1) is 6.58 Å². The van der Waals surface area contributed by atoms with Crippen molar-refractivity contribution in [1.29, 1.82) is 0 Å². The number of rotatable bonds is 17. The number of amides is 2. The third-order valence-electron chi connectivity index (χ3n) is 6.85. The van der Waals surface area contributed by atoms with Gasteiger partial charge in [0.05, 0.1) is 12.5 Å². The lowest BCUT2D eigenvalue weighted by Gasteiger charge is -2.44. The zero-order valence-corrected chi connectivity index (χ0v) is 23.4. The minimum atomic E-state index is -0.970. The molecule has 8 heteroatoms. The van der Waals surface area contributed by atoms with Gasteiger partial charge in [0.1, 0.15) is 6.10 Å². The van der Waals surface area contributed by atoms with Gasteiger partial charge in [-0.3, -0.25) is 14.4 Å². The summed E-state index contributed by atoms with van der Waals surface area (Å²) in [5.41, 5.74) is -0.980. The van der Waals surface area contributed by atoms with E-state index in [-0.39, 0.29) is 18.4 Å². The minimum Gasteiger partial charge on any atom is -0.481 e. The fourth-order valence-electron chi connectivity index (χ4n) is 4.24. The maximum Gasteiger partial charge on any atom is 0.308 e. The van der Waals surface area contributed by atoms with Gasteiger partial charge in [-0.05, 0) is 46.0 Å². The van der Waals surface area contributed by atoms with Crippen molar-refractivity contribution < 1.29 is 29.0 Å². The summed E-state index contributed by atoms with van der Waals surface area (Å²) in [6.07, 6.45) is 9.65. The van der Waals surface area contributed by atoms with Crippen LogP contribution in [0, 0.1) is 16.7 Å². The van der Waals surface area contributed by atoms with Crippen LogP contribution in [-0.2, 0) is 23.9 Å². The molecule has 0 spiro atoms. The van der Waals surface area contributed by atoms with Crippen molar-refractivity contribution in [3.05, 3.63) is 12.7 Å². The molecule has 36 heavy (non-hydrogen) atoms. The third-order valence-corrected chi connectivity index (χ3v) is 6.85. The fourth-order valence-corrected chi connectivity index (χ4v) is 4.24. The molecule has 208 valence electrons. The fraction of sp³-hybridized carbons (Fsp3) is 0.821. The first-order valence-electron chi connectivity index (χ1n) is 13.4.